The number of H-pyrrole nitrogens is 1. The fourth-order valence-electron chi connectivity index (χ4n) is 1.91. The van der Waals surface area contributed by atoms with E-state index in [0.29, 0.717) is 22.5 Å². The van der Waals surface area contributed by atoms with Crippen LogP contribution in [0.25, 0.3) is 22.3 Å². The van der Waals surface area contributed by atoms with E-state index in [4.69, 9.17) is 10.8 Å². The second-order valence-corrected chi connectivity index (χ2v) is 3.91. The molecule has 0 atom stereocenters. The molecule has 1 aromatic carbocycles. The average molecular weight is 241 g/mol. The fourth-order valence-corrected chi connectivity index (χ4v) is 1.91. The molecule has 0 radical (unpaired) electrons. The van der Waals surface area contributed by atoms with Crippen molar-refractivity contribution in [2.24, 2.45) is 0 Å². The van der Waals surface area contributed by atoms with Crippen LogP contribution in [0.2, 0.25) is 0 Å². The summed E-state index contributed by atoms with van der Waals surface area (Å²) in [4.78, 5) is 8.04. The summed E-state index contributed by atoms with van der Waals surface area (Å²) in [5.41, 5.74) is 8.83. The Morgan fingerprint density at radius 1 is 1.28 bits per heavy atom. The van der Waals surface area contributed by atoms with Gasteiger partial charge >= 0.3 is 0 Å². The van der Waals surface area contributed by atoms with E-state index < -0.39 is 0 Å². The van der Waals surface area contributed by atoms with Crippen molar-refractivity contribution in [1.29, 1.82) is 0 Å². The van der Waals surface area contributed by atoms with Crippen molar-refractivity contribution in [3.05, 3.63) is 36.2 Å². The second-order valence-electron chi connectivity index (χ2n) is 3.91. The number of aromatic nitrogens is 4. The highest BCUT2D eigenvalue weighted by atomic mass is 16.3. The Hall–Kier alpha value is -2.47. The van der Waals surface area contributed by atoms with Crippen molar-refractivity contribution >= 4 is 16.9 Å². The standard InChI is InChI=1S/C12H11N5O/c13-11-9-10(16-17-12(9)15-6-14-11)8-3-1-2-7(4-8)5-18/h1-4,6,18H,5H2,(H3,13,14,15,16,17). The molecule has 3 aromatic rings. The number of aliphatic hydroxyl groups excluding tert-OH is 1. The topological polar surface area (TPSA) is 101 Å². The van der Waals surface area contributed by atoms with Gasteiger partial charge in [-0.3, -0.25) is 5.10 Å². The molecular formula is C12H11N5O. The van der Waals surface area contributed by atoms with Crippen molar-refractivity contribution in [3.8, 4) is 11.3 Å². The SMILES string of the molecule is Nc1ncnc2[nH]nc(-c3cccc(CO)c3)c12. The van der Waals surface area contributed by atoms with E-state index in [2.05, 4.69) is 20.2 Å². The number of aromatic amines is 1. The van der Waals surface area contributed by atoms with Gasteiger partial charge in [-0.1, -0.05) is 18.2 Å². The van der Waals surface area contributed by atoms with Crippen molar-refractivity contribution < 1.29 is 5.11 Å². The molecule has 6 nitrogen and oxygen atoms in total. The predicted molar refractivity (Wildman–Crippen MR) is 67.5 cm³/mol. The zero-order valence-corrected chi connectivity index (χ0v) is 9.46. The summed E-state index contributed by atoms with van der Waals surface area (Å²) in [6.45, 7) is -0.0117. The lowest BCUT2D eigenvalue weighted by molar-refractivity contribution is 0.282. The summed E-state index contributed by atoms with van der Waals surface area (Å²) in [7, 11) is 0. The van der Waals surface area contributed by atoms with Crippen LogP contribution in [0.15, 0.2) is 30.6 Å². The van der Waals surface area contributed by atoms with Crippen LogP contribution in [0, 0.1) is 0 Å². The van der Waals surface area contributed by atoms with Gasteiger partial charge in [-0.2, -0.15) is 5.10 Å². The smallest absolute Gasteiger partial charge is 0.161 e. The zero-order valence-electron chi connectivity index (χ0n) is 9.46. The van der Waals surface area contributed by atoms with Gasteiger partial charge < -0.3 is 10.8 Å². The highest BCUT2D eigenvalue weighted by Crippen LogP contribution is 2.28. The molecule has 3 rings (SSSR count). The number of rotatable bonds is 2. The van der Waals surface area contributed by atoms with Gasteiger partial charge in [0.05, 0.1) is 12.0 Å². The Morgan fingerprint density at radius 3 is 3.00 bits per heavy atom. The number of nitrogens with zero attached hydrogens (tertiary/aromatic N) is 3. The molecule has 0 spiro atoms. The number of hydrogen-bond donors (Lipinski definition) is 3. The predicted octanol–water partition coefficient (Wildman–Crippen LogP) is 1.09. The summed E-state index contributed by atoms with van der Waals surface area (Å²) in [5.74, 6) is 0.387. The zero-order chi connectivity index (χ0) is 12.5. The van der Waals surface area contributed by atoms with E-state index in [0.717, 1.165) is 11.1 Å². The molecule has 0 aliphatic rings. The van der Waals surface area contributed by atoms with Crippen LogP contribution >= 0.6 is 0 Å². The van der Waals surface area contributed by atoms with E-state index >= 15 is 0 Å². The lowest BCUT2D eigenvalue weighted by atomic mass is 10.1. The van der Waals surface area contributed by atoms with Gasteiger partial charge in [-0.25, -0.2) is 9.97 Å². The number of aliphatic hydroxyl groups is 1. The van der Waals surface area contributed by atoms with Gasteiger partial charge in [-0.05, 0) is 11.6 Å². The average Bonchev–Trinajstić information content (AvgIpc) is 2.84. The van der Waals surface area contributed by atoms with Crippen LogP contribution in [0.1, 0.15) is 5.56 Å². The minimum absolute atomic E-state index is 0.0117. The molecule has 0 amide bonds. The Morgan fingerprint density at radius 2 is 2.17 bits per heavy atom. The summed E-state index contributed by atoms with van der Waals surface area (Å²) in [6, 6.07) is 7.48. The van der Waals surface area contributed by atoms with Crippen molar-refractivity contribution in [2.45, 2.75) is 6.61 Å². The maximum atomic E-state index is 9.15. The minimum atomic E-state index is -0.0117. The third kappa shape index (κ3) is 1.59. The van der Waals surface area contributed by atoms with Crippen molar-refractivity contribution in [1.82, 2.24) is 20.2 Å². The first-order valence-electron chi connectivity index (χ1n) is 5.44. The quantitative estimate of drug-likeness (QED) is 0.623. The molecule has 2 aromatic heterocycles. The van der Waals surface area contributed by atoms with E-state index in [9.17, 15) is 0 Å². The normalized spacial score (nSPS) is 10.9. The molecule has 4 N–H and O–H groups in total. The summed E-state index contributed by atoms with van der Waals surface area (Å²) >= 11 is 0. The molecule has 0 saturated carbocycles. The summed E-state index contributed by atoms with van der Waals surface area (Å²) in [6.07, 6.45) is 1.39. The van der Waals surface area contributed by atoms with E-state index in [1.165, 1.54) is 6.33 Å². The van der Waals surface area contributed by atoms with E-state index in [1.54, 1.807) is 0 Å². The van der Waals surface area contributed by atoms with Gasteiger partial charge in [0.2, 0.25) is 0 Å². The summed E-state index contributed by atoms with van der Waals surface area (Å²) in [5, 5.41) is 16.9. The van der Waals surface area contributed by atoms with Gasteiger partial charge in [0.15, 0.2) is 5.65 Å². The maximum absolute atomic E-state index is 9.15. The molecule has 2 heterocycles. The number of nitrogen functional groups attached to an aromatic ring is 1. The third-order valence-corrected chi connectivity index (χ3v) is 2.77. The lowest BCUT2D eigenvalue weighted by Gasteiger charge is -2.01. The first kappa shape index (κ1) is 10.7. The highest BCUT2D eigenvalue weighted by Gasteiger charge is 2.12. The first-order valence-corrected chi connectivity index (χ1v) is 5.44. The molecule has 6 heteroatoms. The maximum Gasteiger partial charge on any atom is 0.161 e. The van der Waals surface area contributed by atoms with Crippen molar-refractivity contribution in [3.63, 3.8) is 0 Å². The van der Waals surface area contributed by atoms with Gasteiger partial charge in [-0.15, -0.1) is 0 Å². The minimum Gasteiger partial charge on any atom is -0.392 e. The first-order chi connectivity index (χ1) is 8.79. The molecule has 0 saturated heterocycles. The van der Waals surface area contributed by atoms with Crippen LogP contribution in [0.3, 0.4) is 0 Å². The Labute approximate surface area is 103 Å². The van der Waals surface area contributed by atoms with Crippen LogP contribution in [0.5, 0.6) is 0 Å². The van der Waals surface area contributed by atoms with Gasteiger partial charge in [0.25, 0.3) is 0 Å². The van der Waals surface area contributed by atoms with Crippen LogP contribution in [-0.2, 0) is 6.61 Å². The summed E-state index contributed by atoms with van der Waals surface area (Å²) < 4.78 is 0. The Balaban J connectivity index is 2.25. The number of nitrogens with two attached hydrogens (primary N) is 1. The van der Waals surface area contributed by atoms with Gasteiger partial charge in [0.1, 0.15) is 17.8 Å². The van der Waals surface area contributed by atoms with Crippen LogP contribution in [0.4, 0.5) is 5.82 Å². The second kappa shape index (κ2) is 4.08. The Bertz CT molecular complexity index is 707. The van der Waals surface area contributed by atoms with Crippen LogP contribution in [-0.4, -0.2) is 25.3 Å². The molecule has 0 bridgehead atoms. The lowest BCUT2D eigenvalue weighted by Crippen LogP contribution is -1.93. The molecule has 0 unspecified atom stereocenters. The number of benzene rings is 1. The molecule has 18 heavy (non-hydrogen) atoms. The number of anilines is 1. The van der Waals surface area contributed by atoms with E-state index in [-0.39, 0.29) is 6.61 Å². The van der Waals surface area contributed by atoms with Gasteiger partial charge in [0, 0.05) is 5.56 Å². The number of hydrogen-bond acceptors (Lipinski definition) is 5. The largest absolute Gasteiger partial charge is 0.392 e. The third-order valence-electron chi connectivity index (χ3n) is 2.77. The van der Waals surface area contributed by atoms with Crippen molar-refractivity contribution in [2.75, 3.05) is 5.73 Å². The molecule has 90 valence electrons. The monoisotopic (exact) mass is 241 g/mol. The fraction of sp³-hybridized carbons (Fsp3) is 0.0833. The molecule has 0 fully saturated rings. The number of nitrogens with one attached hydrogen (secondary N) is 1. The highest BCUT2D eigenvalue weighted by molar-refractivity contribution is 5.97. The van der Waals surface area contributed by atoms with E-state index in [1.807, 2.05) is 24.3 Å². The number of fused-ring (bicyclic) bond motifs is 1. The van der Waals surface area contributed by atoms with Crippen LogP contribution < -0.4 is 5.73 Å². The Kier molecular flexibility index (Phi) is 2.42. The molecule has 0 aliphatic carbocycles. The molecular weight excluding hydrogens is 230 g/mol. The molecule has 0 aliphatic heterocycles.